The third-order valence-corrected chi connectivity index (χ3v) is 7.51. The molecule has 0 radical (unpaired) electrons. The first-order valence-electron chi connectivity index (χ1n) is 9.26. The molecule has 5 nitrogen and oxygen atoms in total. The summed E-state index contributed by atoms with van der Waals surface area (Å²) < 4.78 is 27.8. The quantitative estimate of drug-likeness (QED) is 0.567. The lowest BCUT2D eigenvalue weighted by Gasteiger charge is -2.24. The van der Waals surface area contributed by atoms with Crippen LogP contribution in [-0.2, 0) is 16.4 Å². The number of carbonyl (C=O) groups excluding carboxylic acids is 1. The summed E-state index contributed by atoms with van der Waals surface area (Å²) in [4.78, 5) is 12.8. The van der Waals surface area contributed by atoms with Gasteiger partial charge in [-0.05, 0) is 73.5 Å². The number of para-hydroxylation sites is 1. The number of benzene rings is 3. The van der Waals surface area contributed by atoms with Gasteiger partial charge in [-0.3, -0.25) is 9.10 Å². The van der Waals surface area contributed by atoms with Crippen molar-refractivity contribution in [2.45, 2.75) is 24.3 Å². The molecule has 0 spiro atoms. The monoisotopic (exact) mass is 460 g/mol. The summed E-state index contributed by atoms with van der Waals surface area (Å²) >= 11 is 12.0. The molecule has 0 unspecified atom stereocenters. The molecule has 1 heterocycles. The maximum Gasteiger partial charge on any atom is 0.264 e. The zero-order chi connectivity index (χ0) is 21.5. The van der Waals surface area contributed by atoms with E-state index in [9.17, 15) is 13.2 Å². The second-order valence-corrected chi connectivity index (χ2v) is 9.74. The molecule has 0 saturated carbocycles. The Kier molecular flexibility index (Phi) is 5.49. The van der Waals surface area contributed by atoms with Crippen molar-refractivity contribution in [1.29, 1.82) is 0 Å². The Bertz CT molecular complexity index is 1230. The summed E-state index contributed by atoms with van der Waals surface area (Å²) in [6.07, 6.45) is 0.509. The normalized spacial score (nSPS) is 15.7. The van der Waals surface area contributed by atoms with Gasteiger partial charge in [0.05, 0.1) is 21.3 Å². The molecule has 1 amide bonds. The molecule has 1 aliphatic rings. The van der Waals surface area contributed by atoms with Gasteiger partial charge in [-0.25, -0.2) is 8.42 Å². The van der Waals surface area contributed by atoms with Gasteiger partial charge in [0.15, 0.2) is 0 Å². The molecular weight excluding hydrogens is 443 g/mol. The number of amides is 1. The van der Waals surface area contributed by atoms with E-state index in [-0.39, 0.29) is 16.8 Å². The standard InChI is InChI=1S/C22H18Cl2N2O3S/c1-14-12-16-13-15(22(27)25-20-5-3-2-4-19(20)24)6-11-21(16)26(14)30(28,29)18-9-7-17(23)8-10-18/h2-11,13-14H,12H2,1H3,(H,25,27)/t14-/m0/s1. The maximum absolute atomic E-state index is 13.2. The first-order valence-corrected chi connectivity index (χ1v) is 11.5. The Morgan fingerprint density at radius 1 is 1.03 bits per heavy atom. The number of sulfonamides is 1. The lowest BCUT2D eigenvalue weighted by Crippen LogP contribution is -2.35. The minimum atomic E-state index is -3.75. The van der Waals surface area contributed by atoms with Crippen molar-refractivity contribution >= 4 is 50.5 Å². The van der Waals surface area contributed by atoms with E-state index in [1.54, 1.807) is 54.6 Å². The molecule has 4 rings (SSSR count). The van der Waals surface area contributed by atoms with Crippen LogP contribution >= 0.6 is 23.2 Å². The third kappa shape index (κ3) is 3.78. The molecular formula is C22H18Cl2N2O3S. The molecule has 8 heteroatoms. The molecule has 3 aromatic rings. The number of nitrogens with one attached hydrogen (secondary N) is 1. The Labute approximate surface area is 185 Å². The molecule has 0 bridgehead atoms. The van der Waals surface area contributed by atoms with Gasteiger partial charge in [-0.15, -0.1) is 0 Å². The van der Waals surface area contributed by atoms with Gasteiger partial charge in [-0.2, -0.15) is 0 Å². The average Bonchev–Trinajstić information content (AvgIpc) is 3.05. The van der Waals surface area contributed by atoms with Crippen LogP contribution in [-0.4, -0.2) is 20.4 Å². The van der Waals surface area contributed by atoms with Crippen molar-refractivity contribution in [3.05, 3.63) is 87.9 Å². The molecule has 1 N–H and O–H groups in total. The van der Waals surface area contributed by atoms with Crippen LogP contribution in [0.5, 0.6) is 0 Å². The lowest BCUT2D eigenvalue weighted by atomic mass is 10.1. The van der Waals surface area contributed by atoms with Crippen LogP contribution in [0.2, 0.25) is 10.0 Å². The molecule has 0 aromatic heterocycles. The molecule has 0 fully saturated rings. The zero-order valence-electron chi connectivity index (χ0n) is 16.0. The number of hydrogen-bond donors (Lipinski definition) is 1. The number of nitrogens with zero attached hydrogens (tertiary/aromatic N) is 1. The molecule has 154 valence electrons. The van der Waals surface area contributed by atoms with Crippen molar-refractivity contribution in [2.24, 2.45) is 0 Å². The fourth-order valence-corrected chi connectivity index (χ4v) is 5.59. The summed E-state index contributed by atoms with van der Waals surface area (Å²) in [7, 11) is -3.75. The van der Waals surface area contributed by atoms with Crippen molar-refractivity contribution < 1.29 is 13.2 Å². The first-order chi connectivity index (χ1) is 14.3. The molecule has 1 atom stereocenters. The van der Waals surface area contributed by atoms with Crippen molar-refractivity contribution in [1.82, 2.24) is 0 Å². The first kappa shape index (κ1) is 20.7. The fraction of sp³-hybridized carbons (Fsp3) is 0.136. The Morgan fingerprint density at radius 2 is 1.73 bits per heavy atom. The Hall–Kier alpha value is -2.54. The van der Waals surface area contributed by atoms with Crippen LogP contribution < -0.4 is 9.62 Å². The predicted octanol–water partition coefficient (Wildman–Crippen LogP) is 5.39. The third-order valence-electron chi connectivity index (χ3n) is 4.99. The van der Waals surface area contributed by atoms with Crippen LogP contribution in [0.25, 0.3) is 0 Å². The van der Waals surface area contributed by atoms with Crippen molar-refractivity contribution in [3.8, 4) is 0 Å². The molecule has 0 saturated heterocycles. The van der Waals surface area contributed by atoms with E-state index in [0.29, 0.717) is 33.4 Å². The van der Waals surface area contributed by atoms with Crippen LogP contribution in [0.1, 0.15) is 22.8 Å². The highest BCUT2D eigenvalue weighted by Gasteiger charge is 2.36. The summed E-state index contributed by atoms with van der Waals surface area (Å²) in [6, 6.07) is 17.8. The van der Waals surface area contributed by atoms with Gasteiger partial charge >= 0.3 is 0 Å². The van der Waals surface area contributed by atoms with Gasteiger partial charge in [0.1, 0.15) is 0 Å². The van der Waals surface area contributed by atoms with E-state index in [4.69, 9.17) is 23.2 Å². The minimum absolute atomic E-state index is 0.173. The molecule has 30 heavy (non-hydrogen) atoms. The van der Waals surface area contributed by atoms with E-state index < -0.39 is 10.0 Å². The smallest absolute Gasteiger partial charge is 0.264 e. The van der Waals surface area contributed by atoms with Gasteiger partial charge in [0.25, 0.3) is 15.9 Å². The van der Waals surface area contributed by atoms with Gasteiger partial charge in [-0.1, -0.05) is 35.3 Å². The number of halogens is 2. The SMILES string of the molecule is C[C@H]1Cc2cc(C(=O)Nc3ccccc3Cl)ccc2N1S(=O)(=O)c1ccc(Cl)cc1. The van der Waals surface area contributed by atoms with Crippen LogP contribution in [0.3, 0.4) is 0 Å². The minimum Gasteiger partial charge on any atom is -0.321 e. The lowest BCUT2D eigenvalue weighted by molar-refractivity contribution is 0.102. The molecule has 3 aromatic carbocycles. The van der Waals surface area contributed by atoms with E-state index >= 15 is 0 Å². The molecule has 1 aliphatic heterocycles. The molecule has 0 aliphatic carbocycles. The van der Waals surface area contributed by atoms with E-state index in [1.807, 2.05) is 6.92 Å². The van der Waals surface area contributed by atoms with Crippen molar-refractivity contribution in [2.75, 3.05) is 9.62 Å². The van der Waals surface area contributed by atoms with Crippen molar-refractivity contribution in [3.63, 3.8) is 0 Å². The predicted molar refractivity (Wildman–Crippen MR) is 120 cm³/mol. The summed E-state index contributed by atoms with van der Waals surface area (Å²) in [5.41, 5.74) is 2.33. The van der Waals surface area contributed by atoms with Crippen LogP contribution in [0.4, 0.5) is 11.4 Å². The Balaban J connectivity index is 1.64. The topological polar surface area (TPSA) is 66.5 Å². The van der Waals surface area contributed by atoms with E-state index in [2.05, 4.69) is 5.32 Å². The van der Waals surface area contributed by atoms with Crippen LogP contribution in [0.15, 0.2) is 71.6 Å². The summed E-state index contributed by atoms with van der Waals surface area (Å²) in [5.74, 6) is -0.308. The number of anilines is 2. The second kappa shape index (κ2) is 7.95. The number of carbonyl (C=O) groups is 1. The fourth-order valence-electron chi connectivity index (χ4n) is 3.59. The summed E-state index contributed by atoms with van der Waals surface area (Å²) in [5, 5.41) is 3.70. The van der Waals surface area contributed by atoms with Gasteiger partial charge < -0.3 is 5.32 Å². The van der Waals surface area contributed by atoms with Gasteiger partial charge in [0.2, 0.25) is 0 Å². The highest BCUT2D eigenvalue weighted by Crippen LogP contribution is 2.37. The second-order valence-electron chi connectivity index (χ2n) is 7.09. The highest BCUT2D eigenvalue weighted by atomic mass is 35.5. The van der Waals surface area contributed by atoms with Gasteiger partial charge in [0, 0.05) is 16.6 Å². The number of rotatable bonds is 4. The van der Waals surface area contributed by atoms with Crippen LogP contribution in [0, 0.1) is 0 Å². The zero-order valence-corrected chi connectivity index (χ0v) is 18.3. The average molecular weight is 461 g/mol. The van der Waals surface area contributed by atoms with E-state index in [1.165, 1.54) is 16.4 Å². The largest absolute Gasteiger partial charge is 0.321 e. The maximum atomic E-state index is 13.2. The van der Waals surface area contributed by atoms with E-state index in [0.717, 1.165) is 5.56 Å². The number of fused-ring (bicyclic) bond motifs is 1. The summed E-state index contributed by atoms with van der Waals surface area (Å²) in [6.45, 7) is 1.84. The number of hydrogen-bond acceptors (Lipinski definition) is 3. The highest BCUT2D eigenvalue weighted by molar-refractivity contribution is 7.92. The Morgan fingerprint density at radius 3 is 2.43 bits per heavy atom.